The van der Waals surface area contributed by atoms with E-state index in [0.717, 1.165) is 0 Å². The number of esters is 1. The minimum Gasteiger partial charge on any atom is -0.456 e. The zero-order valence-corrected chi connectivity index (χ0v) is 11.1. The van der Waals surface area contributed by atoms with E-state index in [1.165, 1.54) is 6.92 Å². The second-order valence-corrected chi connectivity index (χ2v) is 5.94. The molecule has 96 valence electrons. The van der Waals surface area contributed by atoms with Crippen LogP contribution in [0.4, 0.5) is 0 Å². The van der Waals surface area contributed by atoms with Crippen molar-refractivity contribution in [2.75, 3.05) is 0 Å². The van der Waals surface area contributed by atoms with Crippen LogP contribution in [0.5, 0.6) is 0 Å². The van der Waals surface area contributed by atoms with E-state index in [4.69, 9.17) is 4.74 Å². The average Bonchev–Trinajstić information content (AvgIpc) is 1.98. The van der Waals surface area contributed by atoms with Crippen LogP contribution in [-0.2, 0) is 9.53 Å². The lowest BCUT2D eigenvalue weighted by atomic mass is 9.86. The average molecular weight is 232 g/mol. The van der Waals surface area contributed by atoms with Crippen LogP contribution in [0.25, 0.3) is 0 Å². The maximum absolute atomic E-state index is 11.4. The normalized spacial score (nSPS) is 15.1. The quantitative estimate of drug-likeness (QED) is 0.572. The summed E-state index contributed by atoms with van der Waals surface area (Å²) in [6.07, 6.45) is -0.503. The predicted molar refractivity (Wildman–Crippen MR) is 61.6 cm³/mol. The van der Waals surface area contributed by atoms with Crippen LogP contribution < -0.4 is 0 Å². The van der Waals surface area contributed by atoms with Crippen molar-refractivity contribution in [3.8, 4) is 0 Å². The molecular formula is C12H24O4. The maximum atomic E-state index is 11.4. The molecule has 1 unspecified atom stereocenters. The molecular weight excluding hydrogens is 208 g/mol. The van der Waals surface area contributed by atoms with Crippen LogP contribution in [0, 0.1) is 11.3 Å². The Bertz CT molecular complexity index is 232. The van der Waals surface area contributed by atoms with E-state index in [-0.39, 0.29) is 11.3 Å². The molecule has 2 N–H and O–H groups in total. The molecule has 0 fully saturated rings. The van der Waals surface area contributed by atoms with Crippen molar-refractivity contribution in [1.82, 2.24) is 0 Å². The van der Waals surface area contributed by atoms with E-state index in [2.05, 4.69) is 0 Å². The summed E-state index contributed by atoms with van der Waals surface area (Å²) in [7, 11) is 0. The zero-order valence-electron chi connectivity index (χ0n) is 11.1. The first-order valence-electron chi connectivity index (χ1n) is 5.59. The van der Waals surface area contributed by atoms with Crippen molar-refractivity contribution < 1.29 is 19.7 Å². The van der Waals surface area contributed by atoms with Crippen LogP contribution in [0.15, 0.2) is 0 Å². The van der Waals surface area contributed by atoms with Crippen molar-refractivity contribution in [3.63, 3.8) is 0 Å². The Morgan fingerprint density at radius 2 is 1.62 bits per heavy atom. The minimum atomic E-state index is -2.00. The van der Waals surface area contributed by atoms with Crippen LogP contribution in [0.2, 0.25) is 0 Å². The molecule has 0 aliphatic carbocycles. The monoisotopic (exact) mass is 232 g/mol. The van der Waals surface area contributed by atoms with Gasteiger partial charge in [0.25, 0.3) is 0 Å². The highest BCUT2D eigenvalue weighted by Crippen LogP contribution is 2.27. The lowest BCUT2D eigenvalue weighted by Crippen LogP contribution is -2.44. The summed E-state index contributed by atoms with van der Waals surface area (Å²) < 4.78 is 5.11. The SMILES string of the molecule is CC(C)C(=O)OC(CC(C)(C)C)C(C)(O)O. The highest BCUT2D eigenvalue weighted by Gasteiger charge is 2.36. The van der Waals surface area contributed by atoms with Crippen molar-refractivity contribution in [1.29, 1.82) is 0 Å². The number of carbonyl (C=O) groups excluding carboxylic acids is 1. The molecule has 0 aromatic rings. The van der Waals surface area contributed by atoms with E-state index in [9.17, 15) is 15.0 Å². The first-order chi connectivity index (χ1) is 6.93. The standard InChI is InChI=1S/C12H24O4/c1-8(2)10(13)16-9(12(6,14)15)7-11(3,4)5/h8-9,14-15H,7H2,1-6H3. The highest BCUT2D eigenvalue weighted by molar-refractivity contribution is 5.71. The fraction of sp³-hybridized carbons (Fsp3) is 0.917. The zero-order chi connectivity index (χ0) is 13.1. The molecule has 0 heterocycles. The Kier molecular flexibility index (Phi) is 4.95. The van der Waals surface area contributed by atoms with Gasteiger partial charge in [-0.25, -0.2) is 0 Å². The van der Waals surface area contributed by atoms with Gasteiger partial charge in [0.05, 0.1) is 5.92 Å². The summed E-state index contributed by atoms with van der Waals surface area (Å²) in [5.74, 6) is -2.69. The third-order valence-electron chi connectivity index (χ3n) is 2.14. The first kappa shape index (κ1) is 15.4. The molecule has 0 rings (SSSR count). The van der Waals surface area contributed by atoms with Gasteiger partial charge < -0.3 is 14.9 Å². The summed E-state index contributed by atoms with van der Waals surface area (Å²) in [5.41, 5.74) is -0.144. The van der Waals surface area contributed by atoms with Gasteiger partial charge in [-0.3, -0.25) is 4.79 Å². The highest BCUT2D eigenvalue weighted by atomic mass is 16.6. The number of hydrogen-bond acceptors (Lipinski definition) is 4. The topological polar surface area (TPSA) is 66.8 Å². The van der Waals surface area contributed by atoms with Crippen molar-refractivity contribution in [3.05, 3.63) is 0 Å². The summed E-state index contributed by atoms with van der Waals surface area (Å²) in [5, 5.41) is 19.1. The molecule has 0 saturated heterocycles. The Balaban J connectivity index is 4.65. The van der Waals surface area contributed by atoms with Gasteiger partial charge in [0, 0.05) is 0 Å². The molecule has 4 nitrogen and oxygen atoms in total. The van der Waals surface area contributed by atoms with Crippen LogP contribution in [-0.4, -0.2) is 28.1 Å². The first-order valence-corrected chi connectivity index (χ1v) is 5.59. The Morgan fingerprint density at radius 1 is 1.19 bits per heavy atom. The van der Waals surface area contributed by atoms with Gasteiger partial charge in [-0.2, -0.15) is 0 Å². The summed E-state index contributed by atoms with van der Waals surface area (Å²) in [6.45, 7) is 10.5. The number of aliphatic hydroxyl groups is 2. The van der Waals surface area contributed by atoms with E-state index in [1.54, 1.807) is 13.8 Å². The van der Waals surface area contributed by atoms with Gasteiger partial charge in [-0.15, -0.1) is 0 Å². The van der Waals surface area contributed by atoms with Crippen LogP contribution in [0.3, 0.4) is 0 Å². The molecule has 0 radical (unpaired) electrons. The number of rotatable bonds is 4. The number of carbonyl (C=O) groups is 1. The second kappa shape index (κ2) is 5.15. The summed E-state index contributed by atoms with van der Waals surface area (Å²) in [6, 6.07) is 0. The minimum absolute atomic E-state index is 0.144. The van der Waals surface area contributed by atoms with Gasteiger partial charge in [0.1, 0.15) is 0 Å². The molecule has 0 spiro atoms. The van der Waals surface area contributed by atoms with Crippen molar-refractivity contribution >= 4 is 5.97 Å². The molecule has 0 aliphatic rings. The molecule has 0 amide bonds. The molecule has 0 aromatic heterocycles. The Morgan fingerprint density at radius 3 is 1.88 bits per heavy atom. The van der Waals surface area contributed by atoms with Crippen LogP contribution in [0.1, 0.15) is 48.0 Å². The molecule has 0 aromatic carbocycles. The van der Waals surface area contributed by atoms with Gasteiger partial charge in [0.15, 0.2) is 11.9 Å². The summed E-state index contributed by atoms with van der Waals surface area (Å²) >= 11 is 0. The molecule has 0 saturated carbocycles. The van der Waals surface area contributed by atoms with Gasteiger partial charge in [-0.1, -0.05) is 34.6 Å². The third-order valence-corrected chi connectivity index (χ3v) is 2.14. The fourth-order valence-electron chi connectivity index (χ4n) is 1.18. The fourth-order valence-corrected chi connectivity index (χ4v) is 1.18. The molecule has 0 bridgehead atoms. The third kappa shape index (κ3) is 6.08. The smallest absolute Gasteiger partial charge is 0.308 e. The van der Waals surface area contributed by atoms with Crippen molar-refractivity contribution in [2.24, 2.45) is 11.3 Å². The molecule has 4 heteroatoms. The lowest BCUT2D eigenvalue weighted by Gasteiger charge is -2.33. The molecule has 0 aliphatic heterocycles. The Labute approximate surface area is 97.6 Å². The predicted octanol–water partition coefficient (Wildman–Crippen LogP) is 1.69. The van der Waals surface area contributed by atoms with Gasteiger partial charge >= 0.3 is 5.97 Å². The van der Waals surface area contributed by atoms with Gasteiger partial charge in [0.2, 0.25) is 0 Å². The largest absolute Gasteiger partial charge is 0.456 e. The van der Waals surface area contributed by atoms with E-state index in [0.29, 0.717) is 6.42 Å². The van der Waals surface area contributed by atoms with Gasteiger partial charge in [-0.05, 0) is 18.8 Å². The second-order valence-electron chi connectivity index (χ2n) is 5.94. The molecule has 16 heavy (non-hydrogen) atoms. The number of hydrogen-bond donors (Lipinski definition) is 2. The number of ether oxygens (including phenoxy) is 1. The van der Waals surface area contributed by atoms with E-state index >= 15 is 0 Å². The summed E-state index contributed by atoms with van der Waals surface area (Å²) in [4.78, 5) is 11.4. The maximum Gasteiger partial charge on any atom is 0.308 e. The van der Waals surface area contributed by atoms with E-state index < -0.39 is 17.9 Å². The Hall–Kier alpha value is -0.610. The van der Waals surface area contributed by atoms with E-state index in [1.807, 2.05) is 20.8 Å². The van der Waals surface area contributed by atoms with Crippen LogP contribution >= 0.6 is 0 Å². The lowest BCUT2D eigenvalue weighted by molar-refractivity contribution is -0.233. The molecule has 1 atom stereocenters. The van der Waals surface area contributed by atoms with Crippen molar-refractivity contribution in [2.45, 2.75) is 59.9 Å².